The van der Waals surface area contributed by atoms with E-state index in [1.165, 1.54) is 25.4 Å². The van der Waals surface area contributed by atoms with E-state index in [0.29, 0.717) is 11.3 Å². The second kappa shape index (κ2) is 6.85. The molecule has 0 saturated heterocycles. The number of carbonyl (C=O) groups excluding carboxylic acids is 2. The highest BCUT2D eigenvalue weighted by Crippen LogP contribution is 2.18. The predicted octanol–water partition coefficient (Wildman–Crippen LogP) is 2.78. The summed E-state index contributed by atoms with van der Waals surface area (Å²) in [7, 11) is 1.47. The maximum atomic E-state index is 12.0. The number of rotatable bonds is 5. The number of pyridine rings is 1. The molecule has 1 heterocycles. The van der Waals surface area contributed by atoms with Crippen molar-refractivity contribution in [2.75, 3.05) is 13.7 Å². The van der Waals surface area contributed by atoms with Gasteiger partial charge in [-0.1, -0.05) is 23.7 Å². The number of para-hydroxylation sites is 1. The Hall–Kier alpha value is -2.40. The monoisotopic (exact) mass is 305 g/mol. The van der Waals surface area contributed by atoms with Gasteiger partial charge in [-0.25, -0.2) is 9.78 Å². The molecule has 2 rings (SSSR count). The number of hydrogen-bond donors (Lipinski definition) is 0. The molecule has 0 atom stereocenters. The Kier molecular flexibility index (Phi) is 4.90. The number of ketones is 1. The van der Waals surface area contributed by atoms with Crippen molar-refractivity contribution in [3.63, 3.8) is 0 Å². The van der Waals surface area contributed by atoms with E-state index in [1.807, 2.05) is 0 Å². The molecule has 0 unspecified atom stereocenters. The van der Waals surface area contributed by atoms with Gasteiger partial charge in [0.05, 0.1) is 18.2 Å². The number of carbonyl (C=O) groups is 2. The van der Waals surface area contributed by atoms with Gasteiger partial charge in [0, 0.05) is 6.20 Å². The lowest BCUT2D eigenvalue weighted by molar-refractivity contribution is 0.0474. The largest absolute Gasteiger partial charge is 0.496 e. The first kappa shape index (κ1) is 15.0. The lowest BCUT2D eigenvalue weighted by atomic mass is 10.1. The van der Waals surface area contributed by atoms with Gasteiger partial charge in [0.2, 0.25) is 5.78 Å². The van der Waals surface area contributed by atoms with Crippen LogP contribution in [0.25, 0.3) is 0 Å². The highest BCUT2D eigenvalue weighted by molar-refractivity contribution is 6.29. The van der Waals surface area contributed by atoms with E-state index in [4.69, 9.17) is 21.1 Å². The van der Waals surface area contributed by atoms with Crippen LogP contribution in [0.1, 0.15) is 20.7 Å². The number of hydrogen-bond acceptors (Lipinski definition) is 5. The van der Waals surface area contributed by atoms with Crippen molar-refractivity contribution in [2.45, 2.75) is 0 Å². The van der Waals surface area contributed by atoms with Crippen molar-refractivity contribution in [3.8, 4) is 5.75 Å². The summed E-state index contributed by atoms with van der Waals surface area (Å²) in [6, 6.07) is 9.57. The molecule has 1 aromatic heterocycles. The molecule has 0 aliphatic heterocycles. The Bertz CT molecular complexity index is 672. The fourth-order valence-electron chi connectivity index (χ4n) is 1.70. The van der Waals surface area contributed by atoms with Crippen molar-refractivity contribution >= 4 is 23.4 Å². The number of nitrogens with zero attached hydrogens (tertiary/aromatic N) is 1. The van der Waals surface area contributed by atoms with Gasteiger partial charge in [-0.15, -0.1) is 0 Å². The minimum absolute atomic E-state index is 0.181. The third kappa shape index (κ3) is 3.79. The van der Waals surface area contributed by atoms with Crippen LogP contribution in [-0.2, 0) is 4.74 Å². The summed E-state index contributed by atoms with van der Waals surface area (Å²) in [4.78, 5) is 27.6. The third-order valence-corrected chi connectivity index (χ3v) is 2.91. The van der Waals surface area contributed by atoms with Gasteiger partial charge in [0.25, 0.3) is 0 Å². The lowest BCUT2D eigenvalue weighted by Gasteiger charge is -2.08. The van der Waals surface area contributed by atoms with Gasteiger partial charge >= 0.3 is 5.97 Å². The number of halogens is 1. The Morgan fingerprint density at radius 3 is 2.71 bits per heavy atom. The molecule has 5 nitrogen and oxygen atoms in total. The van der Waals surface area contributed by atoms with E-state index >= 15 is 0 Å². The zero-order chi connectivity index (χ0) is 15.2. The summed E-state index contributed by atoms with van der Waals surface area (Å²) in [6.07, 6.45) is 1.39. The maximum absolute atomic E-state index is 12.0. The molecule has 0 saturated carbocycles. The number of methoxy groups -OCH3 is 1. The van der Waals surface area contributed by atoms with Crippen molar-refractivity contribution in [1.29, 1.82) is 0 Å². The Morgan fingerprint density at radius 2 is 2.00 bits per heavy atom. The Balaban J connectivity index is 2.02. The second-order valence-corrected chi connectivity index (χ2v) is 4.45. The highest BCUT2D eigenvalue weighted by Gasteiger charge is 2.15. The topological polar surface area (TPSA) is 65.5 Å². The molecule has 0 radical (unpaired) electrons. The summed E-state index contributed by atoms with van der Waals surface area (Å²) < 4.78 is 10.1. The summed E-state index contributed by atoms with van der Waals surface area (Å²) in [5, 5.41) is 0.181. The summed E-state index contributed by atoms with van der Waals surface area (Å²) in [6.45, 7) is -0.376. The average Bonchev–Trinajstić information content (AvgIpc) is 2.52. The van der Waals surface area contributed by atoms with Crippen molar-refractivity contribution < 1.29 is 19.1 Å². The second-order valence-electron chi connectivity index (χ2n) is 4.07. The average molecular weight is 306 g/mol. The van der Waals surface area contributed by atoms with Crippen LogP contribution in [0.15, 0.2) is 42.6 Å². The predicted molar refractivity (Wildman–Crippen MR) is 76.9 cm³/mol. The highest BCUT2D eigenvalue weighted by atomic mass is 35.5. The molecule has 0 aliphatic carbocycles. The molecule has 21 heavy (non-hydrogen) atoms. The maximum Gasteiger partial charge on any atom is 0.338 e. The van der Waals surface area contributed by atoms with Crippen LogP contribution in [-0.4, -0.2) is 30.5 Å². The SMILES string of the molecule is COc1ccccc1C(=O)COC(=O)c1ccnc(Cl)c1. The van der Waals surface area contributed by atoms with Crippen molar-refractivity contribution in [2.24, 2.45) is 0 Å². The van der Waals surface area contributed by atoms with E-state index < -0.39 is 5.97 Å². The van der Waals surface area contributed by atoms with E-state index in [9.17, 15) is 9.59 Å². The summed E-state index contributed by atoms with van der Waals surface area (Å²) in [5.74, 6) is -0.547. The first-order chi connectivity index (χ1) is 10.1. The molecule has 0 fully saturated rings. The number of aromatic nitrogens is 1. The van der Waals surface area contributed by atoms with Crippen LogP contribution in [0, 0.1) is 0 Å². The van der Waals surface area contributed by atoms with Crippen LogP contribution in [0.2, 0.25) is 5.15 Å². The Labute approximate surface area is 126 Å². The normalized spacial score (nSPS) is 10.0. The molecule has 0 spiro atoms. The van der Waals surface area contributed by atoms with E-state index in [0.717, 1.165) is 0 Å². The fourth-order valence-corrected chi connectivity index (χ4v) is 1.87. The molecule has 1 aromatic carbocycles. The van der Waals surface area contributed by atoms with Crippen LogP contribution >= 0.6 is 11.6 Å². The molecule has 108 valence electrons. The quantitative estimate of drug-likeness (QED) is 0.483. The molecular weight excluding hydrogens is 294 g/mol. The third-order valence-electron chi connectivity index (χ3n) is 2.70. The first-order valence-electron chi connectivity index (χ1n) is 6.06. The zero-order valence-electron chi connectivity index (χ0n) is 11.2. The van der Waals surface area contributed by atoms with Crippen LogP contribution < -0.4 is 4.74 Å². The van der Waals surface area contributed by atoms with Crippen LogP contribution in [0.4, 0.5) is 0 Å². The molecule has 0 bridgehead atoms. The minimum Gasteiger partial charge on any atom is -0.496 e. The number of ether oxygens (including phenoxy) is 2. The zero-order valence-corrected chi connectivity index (χ0v) is 12.0. The van der Waals surface area contributed by atoms with Gasteiger partial charge in [-0.05, 0) is 24.3 Å². The minimum atomic E-state index is -0.637. The lowest BCUT2D eigenvalue weighted by Crippen LogP contribution is -2.15. The first-order valence-corrected chi connectivity index (χ1v) is 6.44. The van der Waals surface area contributed by atoms with Crippen molar-refractivity contribution in [3.05, 3.63) is 58.9 Å². The summed E-state index contributed by atoms with van der Waals surface area (Å²) in [5.41, 5.74) is 0.600. The van der Waals surface area contributed by atoms with Crippen LogP contribution in [0.5, 0.6) is 5.75 Å². The number of Topliss-reactive ketones (excluding diaryl/α,β-unsaturated/α-hetero) is 1. The Morgan fingerprint density at radius 1 is 1.24 bits per heavy atom. The van der Waals surface area contributed by atoms with Gasteiger partial charge in [0.15, 0.2) is 6.61 Å². The van der Waals surface area contributed by atoms with Gasteiger partial charge < -0.3 is 9.47 Å². The van der Waals surface area contributed by atoms with E-state index in [1.54, 1.807) is 24.3 Å². The standard InChI is InChI=1S/C15H12ClNO4/c1-20-13-5-3-2-4-11(13)12(18)9-21-15(19)10-6-7-17-14(16)8-10/h2-8H,9H2,1H3. The van der Waals surface area contributed by atoms with Crippen LogP contribution in [0.3, 0.4) is 0 Å². The molecule has 0 aliphatic rings. The van der Waals surface area contributed by atoms with Crippen molar-refractivity contribution in [1.82, 2.24) is 4.98 Å². The smallest absolute Gasteiger partial charge is 0.338 e. The molecule has 0 amide bonds. The molecular formula is C15H12ClNO4. The number of esters is 1. The van der Waals surface area contributed by atoms with Gasteiger partial charge in [-0.3, -0.25) is 4.79 Å². The molecule has 0 N–H and O–H groups in total. The number of benzene rings is 1. The van der Waals surface area contributed by atoms with E-state index in [-0.39, 0.29) is 23.1 Å². The fraction of sp³-hybridized carbons (Fsp3) is 0.133. The van der Waals surface area contributed by atoms with Gasteiger partial charge in [-0.2, -0.15) is 0 Å². The van der Waals surface area contributed by atoms with E-state index in [2.05, 4.69) is 4.98 Å². The molecule has 2 aromatic rings. The summed E-state index contributed by atoms with van der Waals surface area (Å²) >= 11 is 5.68. The molecule has 6 heteroatoms. The van der Waals surface area contributed by atoms with Gasteiger partial charge in [0.1, 0.15) is 10.9 Å².